The van der Waals surface area contributed by atoms with E-state index in [1.54, 1.807) is 0 Å². The average Bonchev–Trinajstić information content (AvgIpc) is 3.23. The summed E-state index contributed by atoms with van der Waals surface area (Å²) in [6.45, 7) is 3.22. The minimum Gasteiger partial charge on any atom is -0.462 e. The molecular weight excluding hydrogens is 749 g/mol. The lowest BCUT2D eigenvalue weighted by Crippen LogP contribution is -2.59. The number of rotatable bonds is 37. The summed E-state index contributed by atoms with van der Waals surface area (Å²) in [5.74, 6) is -0.843. The number of hydrogen-bond donors (Lipinski definition) is 4. The van der Waals surface area contributed by atoms with Gasteiger partial charge in [0.15, 0.2) is 12.4 Å². The summed E-state index contributed by atoms with van der Waals surface area (Å²) in [5, 5.41) is 40.1. The van der Waals surface area contributed by atoms with Gasteiger partial charge in [0, 0.05) is 12.8 Å². The summed E-state index contributed by atoms with van der Waals surface area (Å²) in [6, 6.07) is 0. The predicted octanol–water partition coefficient (Wildman–Crippen LogP) is 10.00. The van der Waals surface area contributed by atoms with Crippen LogP contribution in [0.15, 0.2) is 72.9 Å². The van der Waals surface area contributed by atoms with Crippen molar-refractivity contribution in [3.63, 3.8) is 0 Å². The summed E-state index contributed by atoms with van der Waals surface area (Å²) >= 11 is 0. The standard InChI is InChI=1S/C49H82O10/c1-3-5-7-9-11-13-15-17-19-20-21-22-24-25-27-29-31-33-35-37-44(51)56-40-42(41-57-49-48(55)47(54)46(53)43(39-50)59-49)58-45(52)38-36-34-32-30-28-26-23-18-16-14-12-10-8-6-4-2/h6,8,10-14,16-19,23,42-43,46-50,53-55H,3-5,7,9,15,20-22,24-41H2,1-2H3/b8-6+,12-10+,13-11+,16-14+,19-17+,23-18+/t42-,43-,46+,47?,48?,49-/m0/s1. The van der Waals surface area contributed by atoms with Crippen LogP contribution in [0.25, 0.3) is 0 Å². The maximum atomic E-state index is 12.8. The quantitative estimate of drug-likeness (QED) is 0.0206. The number of carbonyl (C=O) groups excluding carboxylic acids is 2. The Morgan fingerprint density at radius 3 is 1.64 bits per heavy atom. The molecule has 0 radical (unpaired) electrons. The van der Waals surface area contributed by atoms with Gasteiger partial charge in [-0.25, -0.2) is 0 Å². The van der Waals surface area contributed by atoms with Gasteiger partial charge in [0.1, 0.15) is 31.0 Å². The van der Waals surface area contributed by atoms with E-state index in [9.17, 15) is 30.0 Å². The third-order valence-electron chi connectivity index (χ3n) is 10.2. The number of carbonyl (C=O) groups is 2. The van der Waals surface area contributed by atoms with Crippen molar-refractivity contribution in [2.24, 2.45) is 0 Å². The summed E-state index contributed by atoms with van der Waals surface area (Å²) < 4.78 is 22.1. The normalized spacial score (nSPS) is 20.7. The molecule has 0 aromatic rings. The van der Waals surface area contributed by atoms with Crippen LogP contribution in [0.3, 0.4) is 0 Å². The van der Waals surface area contributed by atoms with Crippen molar-refractivity contribution in [1.29, 1.82) is 0 Å². The molecule has 0 aromatic carbocycles. The number of ether oxygens (including phenoxy) is 4. The van der Waals surface area contributed by atoms with E-state index in [0.717, 1.165) is 70.6 Å². The summed E-state index contributed by atoms with van der Waals surface area (Å²) in [5.41, 5.74) is 0. The van der Waals surface area contributed by atoms with Crippen LogP contribution in [0, 0.1) is 0 Å². The number of aliphatic hydroxyl groups is 4. The van der Waals surface area contributed by atoms with Crippen LogP contribution >= 0.6 is 0 Å². The number of esters is 2. The highest BCUT2D eigenvalue weighted by molar-refractivity contribution is 5.70. The Morgan fingerprint density at radius 2 is 1.07 bits per heavy atom. The van der Waals surface area contributed by atoms with Gasteiger partial charge < -0.3 is 39.4 Å². The Balaban J connectivity index is 2.33. The lowest BCUT2D eigenvalue weighted by atomic mass is 9.99. The second-order valence-electron chi connectivity index (χ2n) is 15.6. The second kappa shape index (κ2) is 39.3. The van der Waals surface area contributed by atoms with E-state index < -0.39 is 55.4 Å². The molecule has 4 N–H and O–H groups in total. The molecule has 0 aromatic heterocycles. The fraction of sp³-hybridized carbons (Fsp3) is 0.714. The zero-order valence-electron chi connectivity index (χ0n) is 36.7. The number of allylic oxidation sites excluding steroid dienone is 12. The van der Waals surface area contributed by atoms with Crippen molar-refractivity contribution in [3.8, 4) is 0 Å². The van der Waals surface area contributed by atoms with Crippen molar-refractivity contribution in [1.82, 2.24) is 0 Å². The van der Waals surface area contributed by atoms with Crippen molar-refractivity contribution in [3.05, 3.63) is 72.9 Å². The van der Waals surface area contributed by atoms with Crippen LogP contribution in [0.1, 0.15) is 168 Å². The molecule has 1 aliphatic heterocycles. The lowest BCUT2D eigenvalue weighted by molar-refractivity contribution is -0.305. The molecule has 0 bridgehead atoms. The van der Waals surface area contributed by atoms with E-state index in [2.05, 4.69) is 56.4 Å². The molecule has 1 saturated heterocycles. The van der Waals surface area contributed by atoms with E-state index in [1.807, 2.05) is 30.4 Å². The van der Waals surface area contributed by atoms with Gasteiger partial charge in [-0.15, -0.1) is 0 Å². The van der Waals surface area contributed by atoms with Crippen LogP contribution in [0.2, 0.25) is 0 Å². The lowest BCUT2D eigenvalue weighted by Gasteiger charge is -2.39. The smallest absolute Gasteiger partial charge is 0.306 e. The van der Waals surface area contributed by atoms with Crippen molar-refractivity contribution in [2.45, 2.75) is 205 Å². The Kier molecular flexibility index (Phi) is 36.1. The van der Waals surface area contributed by atoms with Gasteiger partial charge >= 0.3 is 11.9 Å². The van der Waals surface area contributed by atoms with E-state index in [0.29, 0.717) is 12.8 Å². The van der Waals surface area contributed by atoms with E-state index in [1.165, 1.54) is 57.8 Å². The minimum atomic E-state index is -1.60. The summed E-state index contributed by atoms with van der Waals surface area (Å²) in [7, 11) is 0. The van der Waals surface area contributed by atoms with Crippen molar-refractivity contribution >= 4 is 11.9 Å². The van der Waals surface area contributed by atoms with Crippen LogP contribution < -0.4 is 0 Å². The molecule has 1 rings (SSSR count). The van der Waals surface area contributed by atoms with Crippen molar-refractivity contribution < 1.29 is 49.0 Å². The molecule has 338 valence electrons. The zero-order valence-corrected chi connectivity index (χ0v) is 36.7. The first-order valence-electron chi connectivity index (χ1n) is 23.1. The molecule has 10 nitrogen and oxygen atoms in total. The zero-order chi connectivity index (χ0) is 43.0. The third kappa shape index (κ3) is 30.8. The second-order valence-corrected chi connectivity index (χ2v) is 15.6. The fourth-order valence-electron chi connectivity index (χ4n) is 6.52. The van der Waals surface area contributed by atoms with E-state index in [4.69, 9.17) is 18.9 Å². The summed E-state index contributed by atoms with van der Waals surface area (Å²) in [4.78, 5) is 25.4. The predicted molar refractivity (Wildman–Crippen MR) is 238 cm³/mol. The maximum absolute atomic E-state index is 12.8. The molecule has 0 spiro atoms. The number of aliphatic hydroxyl groups excluding tert-OH is 4. The molecule has 59 heavy (non-hydrogen) atoms. The maximum Gasteiger partial charge on any atom is 0.306 e. The largest absolute Gasteiger partial charge is 0.462 e. The molecule has 6 atom stereocenters. The van der Waals surface area contributed by atoms with Crippen LogP contribution in [-0.2, 0) is 28.5 Å². The fourth-order valence-corrected chi connectivity index (χ4v) is 6.52. The van der Waals surface area contributed by atoms with E-state index >= 15 is 0 Å². The number of hydrogen-bond acceptors (Lipinski definition) is 10. The van der Waals surface area contributed by atoms with Gasteiger partial charge in [0.05, 0.1) is 13.2 Å². The monoisotopic (exact) mass is 831 g/mol. The van der Waals surface area contributed by atoms with E-state index in [-0.39, 0.29) is 26.1 Å². The Labute approximate surface area is 357 Å². The molecule has 1 fully saturated rings. The molecule has 1 heterocycles. The molecule has 2 unspecified atom stereocenters. The summed E-state index contributed by atoms with van der Waals surface area (Å²) in [6.07, 6.45) is 41.9. The molecule has 10 heteroatoms. The van der Waals surface area contributed by atoms with Gasteiger partial charge in [-0.2, -0.15) is 0 Å². The molecule has 0 saturated carbocycles. The first-order valence-corrected chi connectivity index (χ1v) is 23.1. The Morgan fingerprint density at radius 1 is 0.559 bits per heavy atom. The van der Waals surface area contributed by atoms with Gasteiger partial charge in [0.2, 0.25) is 0 Å². The first-order chi connectivity index (χ1) is 28.8. The topological polar surface area (TPSA) is 152 Å². The Hall–Kier alpha value is -2.86. The van der Waals surface area contributed by atoms with Crippen LogP contribution in [-0.4, -0.2) is 89.0 Å². The van der Waals surface area contributed by atoms with Crippen LogP contribution in [0.5, 0.6) is 0 Å². The molecular formula is C49H82O10. The van der Waals surface area contributed by atoms with Gasteiger partial charge in [-0.1, -0.05) is 164 Å². The molecule has 0 aliphatic carbocycles. The minimum absolute atomic E-state index is 0.199. The Bertz CT molecular complexity index is 1190. The third-order valence-corrected chi connectivity index (χ3v) is 10.2. The highest BCUT2D eigenvalue weighted by atomic mass is 16.7. The highest BCUT2D eigenvalue weighted by Gasteiger charge is 2.44. The van der Waals surface area contributed by atoms with Crippen LogP contribution in [0.4, 0.5) is 0 Å². The van der Waals surface area contributed by atoms with Gasteiger partial charge in [-0.3, -0.25) is 9.59 Å². The highest BCUT2D eigenvalue weighted by Crippen LogP contribution is 2.22. The first kappa shape index (κ1) is 54.2. The van der Waals surface area contributed by atoms with Crippen molar-refractivity contribution in [2.75, 3.05) is 19.8 Å². The molecule has 0 amide bonds. The number of unbranched alkanes of at least 4 members (excludes halogenated alkanes) is 17. The average molecular weight is 831 g/mol. The van der Waals surface area contributed by atoms with Gasteiger partial charge in [-0.05, 0) is 64.2 Å². The SMILES string of the molecule is CC/C=C/C=C/C=C/C=C/CCCCCCCC(=O)O[C@@H](COC(=O)CCCCCCCCCCC/C=C/C/C=C/CCCCC)CO[C@H]1O[C@@H](CO)[C@@H](O)C(O)C1O. The molecule has 1 aliphatic rings. The van der Waals surface area contributed by atoms with Gasteiger partial charge in [0.25, 0.3) is 0 Å².